The van der Waals surface area contributed by atoms with E-state index in [0.29, 0.717) is 0 Å². The maximum absolute atomic E-state index is 11.9. The van der Waals surface area contributed by atoms with Crippen LogP contribution in [0.2, 0.25) is 0 Å². The Hall–Kier alpha value is -1.64. The summed E-state index contributed by atoms with van der Waals surface area (Å²) in [6.45, 7) is 0.437. The van der Waals surface area contributed by atoms with E-state index in [4.69, 9.17) is 25.1 Å². The number of aliphatic hydroxyl groups excluding tert-OH is 4. The van der Waals surface area contributed by atoms with E-state index in [9.17, 15) is 25.2 Å². The van der Waals surface area contributed by atoms with Gasteiger partial charge in [-0.25, -0.2) is 4.79 Å². The molecule has 0 bridgehead atoms. The van der Waals surface area contributed by atoms with Gasteiger partial charge in [0.05, 0.1) is 13.2 Å². The van der Waals surface area contributed by atoms with Gasteiger partial charge >= 0.3 is 5.69 Å². The van der Waals surface area contributed by atoms with E-state index in [1.54, 1.807) is 0 Å². The van der Waals surface area contributed by atoms with Crippen LogP contribution in [0.15, 0.2) is 17.1 Å². The lowest BCUT2D eigenvalue weighted by molar-refractivity contribution is -0.217. The lowest BCUT2D eigenvalue weighted by atomic mass is 9.98. The van der Waals surface area contributed by atoms with Crippen molar-refractivity contribution in [2.45, 2.75) is 55.6 Å². The monoisotopic (exact) mass is 389 g/mol. The number of aromatic nitrogens is 2. The van der Waals surface area contributed by atoms with E-state index in [1.165, 1.54) is 19.2 Å². The summed E-state index contributed by atoms with van der Waals surface area (Å²) in [6.07, 6.45) is -7.53. The topological polar surface area (TPSA) is 190 Å². The summed E-state index contributed by atoms with van der Waals surface area (Å²) >= 11 is 0. The van der Waals surface area contributed by atoms with Crippen LogP contribution in [-0.2, 0) is 14.2 Å². The maximum atomic E-state index is 11.9. The molecular weight excluding hydrogens is 366 g/mol. The fourth-order valence-corrected chi connectivity index (χ4v) is 3.14. The molecule has 0 saturated carbocycles. The Kier molecular flexibility index (Phi) is 5.52. The zero-order chi connectivity index (χ0) is 19.9. The molecule has 2 fully saturated rings. The van der Waals surface area contributed by atoms with Crippen LogP contribution in [0.4, 0.5) is 5.82 Å². The van der Waals surface area contributed by atoms with E-state index < -0.39 is 60.9 Å². The Morgan fingerprint density at radius 3 is 2.59 bits per heavy atom. The number of hydrogen-bond acceptors (Lipinski definition) is 11. The van der Waals surface area contributed by atoms with Crippen LogP contribution in [-0.4, -0.2) is 90.7 Å². The lowest BCUT2D eigenvalue weighted by Crippen LogP contribution is -2.47. The number of hydrogen-bond donors (Lipinski definition) is 6. The largest absolute Gasteiger partial charge is 0.394 e. The van der Waals surface area contributed by atoms with Crippen LogP contribution in [0.3, 0.4) is 0 Å². The van der Waals surface area contributed by atoms with Gasteiger partial charge in [0, 0.05) is 6.20 Å². The highest BCUT2D eigenvalue weighted by molar-refractivity contribution is 5.23. The Labute approximate surface area is 153 Å². The zero-order valence-corrected chi connectivity index (χ0v) is 14.5. The van der Waals surface area contributed by atoms with Gasteiger partial charge in [-0.1, -0.05) is 0 Å². The average Bonchev–Trinajstić information content (AvgIpc) is 3.01. The Bertz CT molecular complexity index is 727. The molecule has 1 unspecified atom stereocenters. The Balaban J connectivity index is 1.67. The summed E-state index contributed by atoms with van der Waals surface area (Å²) in [7, 11) is 0. The molecule has 152 valence electrons. The van der Waals surface area contributed by atoms with Crippen molar-refractivity contribution in [1.82, 2.24) is 9.55 Å². The second-order valence-corrected chi connectivity index (χ2v) is 6.78. The Morgan fingerprint density at radius 2 is 2.00 bits per heavy atom. The van der Waals surface area contributed by atoms with Crippen molar-refractivity contribution in [3.8, 4) is 0 Å². The summed E-state index contributed by atoms with van der Waals surface area (Å²) in [5.74, 6) is 0.00165. The van der Waals surface area contributed by atoms with E-state index in [2.05, 4.69) is 4.98 Å². The fraction of sp³-hybridized carbons (Fsp3) is 0.733. The van der Waals surface area contributed by atoms with Crippen molar-refractivity contribution in [2.24, 2.45) is 0 Å². The summed E-state index contributed by atoms with van der Waals surface area (Å²) in [6, 6.07) is 1.34. The summed E-state index contributed by atoms with van der Waals surface area (Å²) < 4.78 is 17.1. The molecular formula is C15H23N3O9. The minimum Gasteiger partial charge on any atom is -0.394 e. The molecule has 27 heavy (non-hydrogen) atoms. The normalized spacial score (nSPS) is 41.9. The number of aliphatic hydroxyl groups is 5. The van der Waals surface area contributed by atoms with Crippen LogP contribution < -0.4 is 11.4 Å². The van der Waals surface area contributed by atoms with Gasteiger partial charge < -0.3 is 45.5 Å². The molecule has 0 aliphatic carbocycles. The predicted octanol–water partition coefficient (Wildman–Crippen LogP) is -3.71. The fourth-order valence-electron chi connectivity index (χ4n) is 3.14. The van der Waals surface area contributed by atoms with Gasteiger partial charge in [0.25, 0.3) is 0 Å². The molecule has 0 amide bonds. The summed E-state index contributed by atoms with van der Waals surface area (Å²) in [5.41, 5.74) is 2.86. The summed E-state index contributed by atoms with van der Waals surface area (Å²) in [4.78, 5) is 15.4. The van der Waals surface area contributed by atoms with Crippen molar-refractivity contribution in [3.63, 3.8) is 0 Å². The molecule has 0 radical (unpaired) electrons. The van der Waals surface area contributed by atoms with E-state index in [0.717, 1.165) is 4.57 Å². The van der Waals surface area contributed by atoms with Gasteiger partial charge in [-0.05, 0) is 13.0 Å². The number of nitrogen functional groups attached to an aromatic ring is 1. The highest BCUT2D eigenvalue weighted by Crippen LogP contribution is 2.33. The van der Waals surface area contributed by atoms with Crippen molar-refractivity contribution in [2.75, 3.05) is 18.9 Å². The van der Waals surface area contributed by atoms with Crippen LogP contribution in [0.25, 0.3) is 0 Å². The molecule has 1 aromatic rings. The quantitative estimate of drug-likeness (QED) is 0.290. The zero-order valence-electron chi connectivity index (χ0n) is 14.5. The molecule has 12 heteroatoms. The average molecular weight is 389 g/mol. The third-order valence-electron chi connectivity index (χ3n) is 4.78. The van der Waals surface area contributed by atoms with Gasteiger partial charge in [0.2, 0.25) is 0 Å². The van der Waals surface area contributed by atoms with Crippen LogP contribution in [0, 0.1) is 0 Å². The predicted molar refractivity (Wildman–Crippen MR) is 87.2 cm³/mol. The van der Waals surface area contributed by atoms with Crippen LogP contribution in [0.5, 0.6) is 0 Å². The van der Waals surface area contributed by atoms with Crippen molar-refractivity contribution < 1.29 is 39.7 Å². The number of nitrogens with two attached hydrogens (primary N) is 1. The number of rotatable bonds is 5. The molecule has 2 aliphatic heterocycles. The number of nitrogens with zero attached hydrogens (tertiary/aromatic N) is 2. The second kappa shape index (κ2) is 7.41. The van der Waals surface area contributed by atoms with E-state index in [-0.39, 0.29) is 12.4 Å². The smallest absolute Gasteiger partial charge is 0.351 e. The van der Waals surface area contributed by atoms with Crippen molar-refractivity contribution >= 4 is 5.82 Å². The van der Waals surface area contributed by atoms with Crippen LogP contribution in [0.1, 0.15) is 13.2 Å². The van der Waals surface area contributed by atoms with Crippen molar-refractivity contribution in [3.05, 3.63) is 22.7 Å². The van der Waals surface area contributed by atoms with E-state index in [1.807, 2.05) is 0 Å². The molecule has 7 N–H and O–H groups in total. The first-order valence-electron chi connectivity index (χ1n) is 8.31. The highest BCUT2D eigenvalue weighted by atomic mass is 16.7. The minimum atomic E-state index is -1.80. The number of ether oxygens (including phenoxy) is 3. The lowest BCUT2D eigenvalue weighted by Gasteiger charge is -2.27. The Morgan fingerprint density at radius 1 is 1.30 bits per heavy atom. The second-order valence-electron chi connectivity index (χ2n) is 6.78. The standard InChI is InChI=1S/C15H23N3O9/c1-15(24)11(22)6(4-19)27-13(15)25-5-7-9(20)10(21)12(26-7)18-3-2-8(16)17-14(18)23/h2-3,6-7,9-13,19-22,24H,4-5H2,1H3,(H2,16,17,23)/t6-,7-,9-,10-,11-,12-,13?,15-/m1/s1. The molecule has 3 heterocycles. The molecule has 2 aliphatic rings. The third kappa shape index (κ3) is 3.58. The van der Waals surface area contributed by atoms with Gasteiger partial charge in [0.15, 0.2) is 12.5 Å². The van der Waals surface area contributed by atoms with Gasteiger partial charge in [0.1, 0.15) is 41.9 Å². The number of anilines is 1. The van der Waals surface area contributed by atoms with Gasteiger partial charge in [-0.15, -0.1) is 0 Å². The molecule has 0 spiro atoms. The molecule has 3 rings (SSSR count). The molecule has 0 aromatic carbocycles. The molecule has 12 nitrogen and oxygen atoms in total. The molecule has 1 aromatic heterocycles. The van der Waals surface area contributed by atoms with Crippen molar-refractivity contribution in [1.29, 1.82) is 0 Å². The van der Waals surface area contributed by atoms with E-state index >= 15 is 0 Å². The van der Waals surface area contributed by atoms with Crippen LogP contribution >= 0.6 is 0 Å². The third-order valence-corrected chi connectivity index (χ3v) is 4.78. The molecule has 2 saturated heterocycles. The first-order valence-corrected chi connectivity index (χ1v) is 8.31. The SMILES string of the molecule is C[C@]1(O)C(OC[C@H]2O[C@@H](n3ccc(N)nc3=O)[C@H](O)[C@@H]2O)O[C@H](CO)[C@H]1O. The van der Waals surface area contributed by atoms with Gasteiger partial charge in [-0.3, -0.25) is 4.57 Å². The highest BCUT2D eigenvalue weighted by Gasteiger charge is 2.53. The maximum Gasteiger partial charge on any atom is 0.351 e. The first kappa shape index (κ1) is 20.1. The molecule has 8 atom stereocenters. The van der Waals surface area contributed by atoms with Gasteiger partial charge in [-0.2, -0.15) is 4.98 Å². The minimum absolute atomic E-state index is 0.00165. The first-order chi connectivity index (χ1) is 12.7. The summed E-state index contributed by atoms with van der Waals surface area (Å²) in [5, 5.41) is 49.7.